The van der Waals surface area contributed by atoms with Crippen LogP contribution in [0.1, 0.15) is 18.2 Å². The molecule has 1 saturated heterocycles. The number of carbonyl (C=O) groups excluding carboxylic acids is 1. The first kappa shape index (κ1) is 14.1. The summed E-state index contributed by atoms with van der Waals surface area (Å²) >= 11 is 0. The first-order chi connectivity index (χ1) is 10.3. The molecule has 2 amide bonds. The first-order valence-electron chi connectivity index (χ1n) is 7.48. The second-order valence-electron chi connectivity index (χ2n) is 5.25. The topological polar surface area (TPSA) is 70.6 Å². The van der Waals surface area contributed by atoms with Gasteiger partial charge in [0.2, 0.25) is 5.95 Å². The van der Waals surface area contributed by atoms with E-state index in [4.69, 9.17) is 4.74 Å². The Bertz CT molecular complexity index is 516. The van der Waals surface area contributed by atoms with E-state index in [1.54, 1.807) is 0 Å². The Morgan fingerprint density at radius 1 is 1.38 bits per heavy atom. The average molecular weight is 291 g/mol. The predicted molar refractivity (Wildman–Crippen MR) is 78.3 cm³/mol. The summed E-state index contributed by atoms with van der Waals surface area (Å²) in [5.74, 6) is 0.745. The van der Waals surface area contributed by atoms with E-state index < -0.39 is 0 Å². The Balaban J connectivity index is 1.75. The Hall–Kier alpha value is -1.89. The van der Waals surface area contributed by atoms with E-state index >= 15 is 0 Å². The minimum absolute atomic E-state index is 0.0188. The summed E-state index contributed by atoms with van der Waals surface area (Å²) in [7, 11) is 0. The fourth-order valence-corrected chi connectivity index (χ4v) is 2.64. The zero-order chi connectivity index (χ0) is 14.7. The van der Waals surface area contributed by atoms with Crippen LogP contribution in [0.3, 0.4) is 0 Å². The predicted octanol–water partition coefficient (Wildman–Crippen LogP) is 0.401. The van der Waals surface area contributed by atoms with Crippen LogP contribution in [0.4, 0.5) is 10.7 Å². The number of nitrogens with one attached hydrogen (secondary N) is 1. The lowest BCUT2D eigenvalue weighted by atomic mass is 10.1. The highest BCUT2D eigenvalue weighted by molar-refractivity contribution is 5.74. The Morgan fingerprint density at radius 3 is 2.95 bits per heavy atom. The summed E-state index contributed by atoms with van der Waals surface area (Å²) in [6.07, 6.45) is 2.72. The second kappa shape index (κ2) is 6.26. The number of hydrogen-bond acceptors (Lipinski definition) is 5. The van der Waals surface area contributed by atoms with E-state index in [1.165, 1.54) is 0 Å². The van der Waals surface area contributed by atoms with Gasteiger partial charge in [-0.2, -0.15) is 0 Å². The molecule has 0 radical (unpaired) electrons. The third-order valence-electron chi connectivity index (χ3n) is 3.84. The summed E-state index contributed by atoms with van der Waals surface area (Å²) in [5.41, 5.74) is 2.11. The van der Waals surface area contributed by atoms with E-state index in [-0.39, 0.29) is 6.03 Å². The Morgan fingerprint density at radius 2 is 2.19 bits per heavy atom. The molecular weight excluding hydrogens is 270 g/mol. The molecule has 0 unspecified atom stereocenters. The van der Waals surface area contributed by atoms with Gasteiger partial charge < -0.3 is 19.9 Å². The number of fused-ring (bicyclic) bond motifs is 1. The van der Waals surface area contributed by atoms with Crippen molar-refractivity contribution in [2.45, 2.75) is 19.9 Å². The number of carbonyl (C=O) groups is 1. The van der Waals surface area contributed by atoms with Crippen molar-refractivity contribution in [2.75, 3.05) is 44.3 Å². The molecule has 3 heterocycles. The zero-order valence-corrected chi connectivity index (χ0v) is 12.3. The van der Waals surface area contributed by atoms with Crippen molar-refractivity contribution in [1.82, 2.24) is 20.2 Å². The van der Waals surface area contributed by atoms with Gasteiger partial charge in [0.25, 0.3) is 0 Å². The molecule has 0 spiro atoms. The molecule has 3 rings (SSSR count). The fourth-order valence-electron chi connectivity index (χ4n) is 2.64. The number of rotatable bonds is 2. The van der Waals surface area contributed by atoms with E-state index in [9.17, 15) is 4.79 Å². The summed E-state index contributed by atoms with van der Waals surface area (Å²) in [5, 5.41) is 2.84. The summed E-state index contributed by atoms with van der Waals surface area (Å²) in [6.45, 7) is 6.91. The number of urea groups is 1. The minimum Gasteiger partial charge on any atom is -0.378 e. The van der Waals surface area contributed by atoms with Gasteiger partial charge >= 0.3 is 6.03 Å². The maximum Gasteiger partial charge on any atom is 0.317 e. The van der Waals surface area contributed by atoms with Crippen LogP contribution >= 0.6 is 0 Å². The maximum absolute atomic E-state index is 11.9. The van der Waals surface area contributed by atoms with Gasteiger partial charge in [0.1, 0.15) is 0 Å². The zero-order valence-electron chi connectivity index (χ0n) is 12.3. The van der Waals surface area contributed by atoms with Crippen molar-refractivity contribution < 1.29 is 9.53 Å². The standard InChI is InChI=1S/C14H21N5O2/c1-2-15-14(20)19-4-3-11-9-16-13(17-12(11)10-19)18-5-7-21-8-6-18/h9H,2-8,10H2,1H3,(H,15,20). The largest absolute Gasteiger partial charge is 0.378 e. The number of anilines is 1. The lowest BCUT2D eigenvalue weighted by molar-refractivity contribution is 0.122. The second-order valence-corrected chi connectivity index (χ2v) is 5.25. The molecule has 1 aromatic rings. The monoisotopic (exact) mass is 291 g/mol. The van der Waals surface area contributed by atoms with Gasteiger partial charge in [-0.3, -0.25) is 0 Å². The van der Waals surface area contributed by atoms with Gasteiger partial charge in [-0.05, 0) is 18.9 Å². The molecule has 114 valence electrons. The van der Waals surface area contributed by atoms with Crippen LogP contribution in [0.2, 0.25) is 0 Å². The van der Waals surface area contributed by atoms with Crippen molar-refractivity contribution in [3.63, 3.8) is 0 Å². The van der Waals surface area contributed by atoms with Crippen LogP contribution < -0.4 is 10.2 Å². The fraction of sp³-hybridized carbons (Fsp3) is 0.643. The Kier molecular flexibility index (Phi) is 4.19. The minimum atomic E-state index is -0.0188. The normalized spacial score (nSPS) is 18.3. The third kappa shape index (κ3) is 3.07. The first-order valence-corrected chi connectivity index (χ1v) is 7.48. The van der Waals surface area contributed by atoms with Gasteiger partial charge in [-0.25, -0.2) is 14.8 Å². The highest BCUT2D eigenvalue weighted by atomic mass is 16.5. The molecule has 7 nitrogen and oxygen atoms in total. The van der Waals surface area contributed by atoms with E-state index in [1.807, 2.05) is 18.0 Å². The van der Waals surface area contributed by atoms with E-state index in [0.717, 1.165) is 43.3 Å². The lowest BCUT2D eigenvalue weighted by Crippen LogP contribution is -2.43. The number of aromatic nitrogens is 2. The van der Waals surface area contributed by atoms with Crippen LogP contribution in [-0.4, -0.2) is 60.3 Å². The molecule has 2 aliphatic heterocycles. The summed E-state index contributed by atoms with van der Waals surface area (Å²) in [4.78, 5) is 25.0. The van der Waals surface area contributed by atoms with E-state index in [2.05, 4.69) is 20.2 Å². The van der Waals surface area contributed by atoms with Crippen LogP contribution in [0.5, 0.6) is 0 Å². The van der Waals surface area contributed by atoms with Crippen LogP contribution in [-0.2, 0) is 17.7 Å². The Labute approximate surface area is 124 Å². The van der Waals surface area contributed by atoms with Crippen molar-refractivity contribution in [3.05, 3.63) is 17.5 Å². The average Bonchev–Trinajstić information content (AvgIpc) is 2.55. The van der Waals surface area contributed by atoms with Crippen LogP contribution in [0.25, 0.3) is 0 Å². The molecule has 7 heteroatoms. The smallest absolute Gasteiger partial charge is 0.317 e. The molecule has 0 saturated carbocycles. The van der Waals surface area contributed by atoms with Crippen molar-refractivity contribution >= 4 is 12.0 Å². The van der Waals surface area contributed by atoms with Crippen LogP contribution in [0, 0.1) is 0 Å². The summed E-state index contributed by atoms with van der Waals surface area (Å²) in [6, 6.07) is -0.0188. The molecule has 2 aliphatic rings. The molecule has 0 aromatic carbocycles. The SMILES string of the molecule is CCNC(=O)N1CCc2cnc(N3CCOCC3)nc2C1. The highest BCUT2D eigenvalue weighted by Gasteiger charge is 2.23. The quantitative estimate of drug-likeness (QED) is 0.854. The highest BCUT2D eigenvalue weighted by Crippen LogP contribution is 2.19. The van der Waals surface area contributed by atoms with Gasteiger partial charge in [0.15, 0.2) is 0 Å². The molecule has 1 N–H and O–H groups in total. The van der Waals surface area contributed by atoms with Gasteiger partial charge in [0, 0.05) is 32.4 Å². The van der Waals surface area contributed by atoms with Crippen molar-refractivity contribution in [2.24, 2.45) is 0 Å². The molecule has 0 atom stereocenters. The molecule has 1 fully saturated rings. The molecule has 1 aromatic heterocycles. The molecular formula is C14H21N5O2. The lowest BCUT2D eigenvalue weighted by Gasteiger charge is -2.30. The van der Waals surface area contributed by atoms with Crippen molar-refractivity contribution in [1.29, 1.82) is 0 Å². The van der Waals surface area contributed by atoms with Gasteiger partial charge in [-0.15, -0.1) is 0 Å². The van der Waals surface area contributed by atoms with Crippen molar-refractivity contribution in [3.8, 4) is 0 Å². The number of nitrogens with zero attached hydrogens (tertiary/aromatic N) is 4. The third-order valence-corrected chi connectivity index (χ3v) is 3.84. The molecule has 21 heavy (non-hydrogen) atoms. The number of amides is 2. The van der Waals surface area contributed by atoms with Gasteiger partial charge in [0.05, 0.1) is 25.5 Å². The van der Waals surface area contributed by atoms with E-state index in [0.29, 0.717) is 26.3 Å². The van der Waals surface area contributed by atoms with Crippen LogP contribution in [0.15, 0.2) is 6.20 Å². The molecule has 0 aliphatic carbocycles. The van der Waals surface area contributed by atoms with Gasteiger partial charge in [-0.1, -0.05) is 0 Å². The number of ether oxygens (including phenoxy) is 1. The number of hydrogen-bond donors (Lipinski definition) is 1. The summed E-state index contributed by atoms with van der Waals surface area (Å²) < 4.78 is 5.35. The molecule has 0 bridgehead atoms. The maximum atomic E-state index is 11.9. The number of morpholine rings is 1.